The van der Waals surface area contributed by atoms with E-state index in [4.69, 9.17) is 0 Å². The van der Waals surface area contributed by atoms with Crippen molar-refractivity contribution in [2.75, 3.05) is 32.7 Å². The Balaban J connectivity index is 1.46. The summed E-state index contributed by atoms with van der Waals surface area (Å²) in [6.07, 6.45) is 0.690. The minimum absolute atomic E-state index is 0.227. The van der Waals surface area contributed by atoms with Crippen LogP contribution in [-0.4, -0.2) is 48.6 Å². The second-order valence-corrected chi connectivity index (χ2v) is 7.40. The molecule has 0 bridgehead atoms. The van der Waals surface area contributed by atoms with Crippen LogP contribution < -0.4 is 0 Å². The van der Waals surface area contributed by atoms with Crippen LogP contribution in [0.15, 0.2) is 60.7 Å². The lowest BCUT2D eigenvalue weighted by atomic mass is 10.0. The van der Waals surface area contributed by atoms with Crippen LogP contribution >= 0.6 is 0 Å². The Kier molecular flexibility index (Phi) is 6.92. The Morgan fingerprint density at radius 3 is 2.36 bits per heavy atom. The van der Waals surface area contributed by atoms with Gasteiger partial charge in [0.25, 0.3) is 0 Å². The standard InChI is InChI=1S/C23H27F3N2/c1-19(17-21-9-5-11-22(18-21)23(24,25)26)28-15-13-27(14-16-28)12-6-10-20-7-3-2-4-8-20/h2-11,18-19H,12-17H2,1H3/b10-6+/t19-/m0/s1. The quantitative estimate of drug-likeness (QED) is 0.690. The van der Waals surface area contributed by atoms with Crippen LogP contribution in [0.4, 0.5) is 13.2 Å². The number of piperazine rings is 1. The molecular formula is C23H27F3N2. The van der Waals surface area contributed by atoms with Gasteiger partial charge in [0, 0.05) is 38.8 Å². The molecule has 1 heterocycles. The number of nitrogens with zero attached hydrogens (tertiary/aromatic N) is 2. The first-order chi connectivity index (χ1) is 13.4. The number of halogens is 3. The number of alkyl halides is 3. The zero-order valence-corrected chi connectivity index (χ0v) is 16.2. The number of hydrogen-bond donors (Lipinski definition) is 0. The second kappa shape index (κ2) is 9.39. The van der Waals surface area contributed by atoms with Crippen molar-refractivity contribution in [3.05, 3.63) is 77.4 Å². The summed E-state index contributed by atoms with van der Waals surface area (Å²) in [5.74, 6) is 0. The van der Waals surface area contributed by atoms with Crippen molar-refractivity contribution in [2.45, 2.75) is 25.6 Å². The summed E-state index contributed by atoms with van der Waals surface area (Å²) in [6, 6.07) is 16.2. The summed E-state index contributed by atoms with van der Waals surface area (Å²) < 4.78 is 38.7. The average Bonchev–Trinajstić information content (AvgIpc) is 2.69. The molecule has 1 fully saturated rings. The van der Waals surface area contributed by atoms with E-state index in [1.807, 2.05) is 18.2 Å². The van der Waals surface area contributed by atoms with Crippen LogP contribution in [0, 0.1) is 0 Å². The summed E-state index contributed by atoms with van der Waals surface area (Å²) in [7, 11) is 0. The largest absolute Gasteiger partial charge is 0.416 e. The summed E-state index contributed by atoms with van der Waals surface area (Å²) in [4.78, 5) is 4.78. The van der Waals surface area contributed by atoms with Gasteiger partial charge in [-0.2, -0.15) is 13.2 Å². The van der Waals surface area contributed by atoms with Gasteiger partial charge < -0.3 is 0 Å². The molecule has 1 atom stereocenters. The first-order valence-electron chi connectivity index (χ1n) is 9.76. The molecule has 0 unspecified atom stereocenters. The van der Waals surface area contributed by atoms with Crippen molar-refractivity contribution in [2.24, 2.45) is 0 Å². The topological polar surface area (TPSA) is 6.48 Å². The van der Waals surface area contributed by atoms with E-state index in [2.05, 4.69) is 41.0 Å². The molecule has 2 aromatic rings. The van der Waals surface area contributed by atoms with Crippen LogP contribution in [0.2, 0.25) is 0 Å². The van der Waals surface area contributed by atoms with Crippen molar-refractivity contribution < 1.29 is 13.2 Å². The lowest BCUT2D eigenvalue weighted by molar-refractivity contribution is -0.137. The van der Waals surface area contributed by atoms with Gasteiger partial charge in [-0.25, -0.2) is 0 Å². The maximum absolute atomic E-state index is 12.9. The van der Waals surface area contributed by atoms with E-state index in [0.29, 0.717) is 6.42 Å². The molecule has 1 aliphatic rings. The van der Waals surface area contributed by atoms with Crippen LogP contribution in [0.3, 0.4) is 0 Å². The zero-order valence-electron chi connectivity index (χ0n) is 16.2. The van der Waals surface area contributed by atoms with E-state index in [9.17, 15) is 13.2 Å². The third kappa shape index (κ3) is 5.94. The van der Waals surface area contributed by atoms with Crippen molar-refractivity contribution in [3.8, 4) is 0 Å². The van der Waals surface area contributed by atoms with Gasteiger partial charge in [-0.1, -0.05) is 60.7 Å². The highest BCUT2D eigenvalue weighted by Crippen LogP contribution is 2.30. The second-order valence-electron chi connectivity index (χ2n) is 7.40. The average molecular weight is 388 g/mol. The van der Waals surface area contributed by atoms with E-state index in [-0.39, 0.29) is 6.04 Å². The predicted octanol–water partition coefficient (Wildman–Crippen LogP) is 4.97. The summed E-state index contributed by atoms with van der Waals surface area (Å²) >= 11 is 0. The first kappa shape index (κ1) is 20.6. The number of hydrogen-bond acceptors (Lipinski definition) is 2. The summed E-state index contributed by atoms with van der Waals surface area (Å²) in [5.41, 5.74) is 1.39. The van der Waals surface area contributed by atoms with E-state index in [1.54, 1.807) is 6.07 Å². The minimum atomic E-state index is -4.28. The maximum Gasteiger partial charge on any atom is 0.416 e. The number of rotatable bonds is 6. The predicted molar refractivity (Wildman–Crippen MR) is 108 cm³/mol. The fraction of sp³-hybridized carbons (Fsp3) is 0.391. The molecule has 1 saturated heterocycles. The molecule has 0 saturated carbocycles. The SMILES string of the molecule is C[C@@H](Cc1cccc(C(F)(F)F)c1)N1CCN(C/C=C/c2ccccc2)CC1. The fourth-order valence-electron chi connectivity index (χ4n) is 3.63. The maximum atomic E-state index is 12.9. The van der Waals surface area contributed by atoms with Crippen molar-refractivity contribution in [3.63, 3.8) is 0 Å². The van der Waals surface area contributed by atoms with E-state index >= 15 is 0 Å². The molecule has 5 heteroatoms. The Hall–Kier alpha value is -2.11. The molecule has 0 amide bonds. The third-order valence-electron chi connectivity index (χ3n) is 5.29. The van der Waals surface area contributed by atoms with Crippen LogP contribution in [0.1, 0.15) is 23.6 Å². The molecular weight excluding hydrogens is 361 g/mol. The van der Waals surface area contributed by atoms with Gasteiger partial charge in [-0.3, -0.25) is 9.80 Å². The lowest BCUT2D eigenvalue weighted by Gasteiger charge is -2.37. The number of benzene rings is 2. The van der Waals surface area contributed by atoms with Crippen molar-refractivity contribution in [1.29, 1.82) is 0 Å². The lowest BCUT2D eigenvalue weighted by Crippen LogP contribution is -2.50. The highest BCUT2D eigenvalue weighted by atomic mass is 19.4. The van der Waals surface area contributed by atoms with Crippen molar-refractivity contribution in [1.82, 2.24) is 9.80 Å². The molecule has 0 radical (unpaired) electrons. The smallest absolute Gasteiger partial charge is 0.298 e. The van der Waals surface area contributed by atoms with E-state index in [1.165, 1.54) is 17.7 Å². The van der Waals surface area contributed by atoms with E-state index in [0.717, 1.165) is 44.4 Å². The monoisotopic (exact) mass is 388 g/mol. The fourth-order valence-corrected chi connectivity index (χ4v) is 3.63. The van der Waals surface area contributed by atoms with Gasteiger partial charge in [0.05, 0.1) is 5.56 Å². The molecule has 1 aliphatic heterocycles. The Morgan fingerprint density at radius 2 is 1.68 bits per heavy atom. The molecule has 0 N–H and O–H groups in total. The van der Waals surface area contributed by atoms with Gasteiger partial charge >= 0.3 is 6.18 Å². The Labute approximate surface area is 165 Å². The molecule has 0 aromatic heterocycles. The molecule has 3 rings (SSSR count). The molecule has 2 aromatic carbocycles. The van der Waals surface area contributed by atoms with Gasteiger partial charge in [0.1, 0.15) is 0 Å². The Bertz CT molecular complexity index is 763. The van der Waals surface area contributed by atoms with Crippen LogP contribution in [0.25, 0.3) is 6.08 Å². The van der Waals surface area contributed by atoms with Gasteiger partial charge in [0.2, 0.25) is 0 Å². The molecule has 0 aliphatic carbocycles. The van der Waals surface area contributed by atoms with Crippen molar-refractivity contribution >= 4 is 6.08 Å². The zero-order chi connectivity index (χ0) is 20.0. The molecule has 28 heavy (non-hydrogen) atoms. The van der Waals surface area contributed by atoms with Gasteiger partial charge in [0.15, 0.2) is 0 Å². The molecule has 150 valence electrons. The van der Waals surface area contributed by atoms with Crippen LogP contribution in [-0.2, 0) is 12.6 Å². The molecule has 2 nitrogen and oxygen atoms in total. The normalized spacial score (nSPS) is 17.9. The Morgan fingerprint density at radius 1 is 0.964 bits per heavy atom. The molecule has 0 spiro atoms. The minimum Gasteiger partial charge on any atom is -0.298 e. The van der Waals surface area contributed by atoms with E-state index < -0.39 is 11.7 Å². The first-order valence-corrected chi connectivity index (χ1v) is 9.76. The van der Waals surface area contributed by atoms with Crippen LogP contribution in [0.5, 0.6) is 0 Å². The van der Waals surface area contributed by atoms with Gasteiger partial charge in [-0.05, 0) is 30.5 Å². The highest BCUT2D eigenvalue weighted by Gasteiger charge is 2.30. The highest BCUT2D eigenvalue weighted by molar-refractivity contribution is 5.48. The third-order valence-corrected chi connectivity index (χ3v) is 5.29. The summed E-state index contributed by atoms with van der Waals surface area (Å²) in [6.45, 7) is 6.87. The van der Waals surface area contributed by atoms with Gasteiger partial charge in [-0.15, -0.1) is 0 Å². The summed E-state index contributed by atoms with van der Waals surface area (Å²) in [5, 5.41) is 0.